The van der Waals surface area contributed by atoms with Crippen LogP contribution in [-0.2, 0) is 24.4 Å². The molecule has 8 heteroatoms. The highest BCUT2D eigenvalue weighted by Crippen LogP contribution is 2.29. The van der Waals surface area contributed by atoms with Gasteiger partial charge in [-0.15, -0.1) is 0 Å². The standard InChI is InChI=1S/C28H33N5O3/c1-5-13-33-26(35)24-23(25(34)29-16-22-8-6-7-20(3)14-22)31-18-32(24)17-28(33,4)27(36)30-15-21-11-9-19(2)10-12-21/h6-12,14,18H,5,13,15-17H2,1-4H3,(H,29,34)(H,30,36)/t28-/m1/s1. The Balaban J connectivity index is 1.53. The van der Waals surface area contributed by atoms with Crippen molar-refractivity contribution >= 4 is 17.7 Å². The fourth-order valence-electron chi connectivity index (χ4n) is 4.59. The van der Waals surface area contributed by atoms with Gasteiger partial charge in [-0.3, -0.25) is 14.4 Å². The Labute approximate surface area is 211 Å². The van der Waals surface area contributed by atoms with Crippen LogP contribution in [0.25, 0.3) is 0 Å². The van der Waals surface area contributed by atoms with Crippen molar-refractivity contribution in [1.82, 2.24) is 25.1 Å². The molecule has 1 aromatic heterocycles. The third kappa shape index (κ3) is 5.03. The molecule has 2 heterocycles. The molecule has 0 radical (unpaired) electrons. The molecule has 4 rings (SSSR count). The molecule has 0 saturated carbocycles. The molecular weight excluding hydrogens is 454 g/mol. The molecule has 0 bridgehead atoms. The number of hydrogen-bond acceptors (Lipinski definition) is 4. The number of fused-ring (bicyclic) bond motifs is 1. The summed E-state index contributed by atoms with van der Waals surface area (Å²) in [5.74, 6) is -1.02. The average Bonchev–Trinajstić information content (AvgIpc) is 3.28. The fraction of sp³-hybridized carbons (Fsp3) is 0.357. The Morgan fingerprint density at radius 3 is 2.42 bits per heavy atom. The maximum atomic E-state index is 13.6. The molecule has 0 spiro atoms. The molecule has 1 aliphatic heterocycles. The SMILES string of the molecule is CCCN1C(=O)c2c(C(=O)NCc3cccc(C)c3)ncn2C[C@]1(C)C(=O)NCc1ccc(C)cc1. The van der Waals surface area contributed by atoms with E-state index in [0.717, 1.165) is 22.3 Å². The van der Waals surface area contributed by atoms with E-state index in [4.69, 9.17) is 0 Å². The molecule has 8 nitrogen and oxygen atoms in total. The van der Waals surface area contributed by atoms with Crippen molar-refractivity contribution < 1.29 is 14.4 Å². The summed E-state index contributed by atoms with van der Waals surface area (Å²) < 4.78 is 1.63. The van der Waals surface area contributed by atoms with E-state index in [1.54, 1.807) is 16.4 Å². The second kappa shape index (κ2) is 10.4. The summed E-state index contributed by atoms with van der Waals surface area (Å²) in [6.07, 6.45) is 2.15. The largest absolute Gasteiger partial charge is 0.350 e. The minimum Gasteiger partial charge on any atom is -0.350 e. The van der Waals surface area contributed by atoms with Gasteiger partial charge in [0.05, 0.1) is 12.9 Å². The minimum absolute atomic E-state index is 0.0795. The molecule has 0 fully saturated rings. The van der Waals surface area contributed by atoms with Gasteiger partial charge in [-0.25, -0.2) is 4.98 Å². The van der Waals surface area contributed by atoms with E-state index in [0.29, 0.717) is 26.1 Å². The van der Waals surface area contributed by atoms with Gasteiger partial charge in [-0.05, 0) is 38.3 Å². The monoisotopic (exact) mass is 487 g/mol. The first-order valence-electron chi connectivity index (χ1n) is 12.3. The van der Waals surface area contributed by atoms with E-state index >= 15 is 0 Å². The molecule has 2 aromatic carbocycles. The molecule has 2 N–H and O–H groups in total. The molecule has 0 saturated heterocycles. The van der Waals surface area contributed by atoms with Crippen LogP contribution >= 0.6 is 0 Å². The van der Waals surface area contributed by atoms with Gasteiger partial charge in [-0.1, -0.05) is 66.6 Å². The highest BCUT2D eigenvalue weighted by Gasteiger charge is 2.48. The zero-order valence-electron chi connectivity index (χ0n) is 21.3. The summed E-state index contributed by atoms with van der Waals surface area (Å²) >= 11 is 0. The van der Waals surface area contributed by atoms with Crippen LogP contribution < -0.4 is 10.6 Å². The first-order chi connectivity index (χ1) is 17.2. The lowest BCUT2D eigenvalue weighted by Gasteiger charge is -2.43. The molecule has 3 amide bonds. The van der Waals surface area contributed by atoms with Gasteiger partial charge >= 0.3 is 0 Å². The van der Waals surface area contributed by atoms with Crippen molar-refractivity contribution in [2.45, 2.75) is 59.3 Å². The number of imidazole rings is 1. The minimum atomic E-state index is -1.11. The van der Waals surface area contributed by atoms with Gasteiger partial charge in [0.15, 0.2) is 5.69 Å². The van der Waals surface area contributed by atoms with Crippen LogP contribution in [0.5, 0.6) is 0 Å². The number of carbonyl (C=O) groups is 3. The number of aromatic nitrogens is 2. The number of aryl methyl sites for hydroxylation is 2. The van der Waals surface area contributed by atoms with E-state index in [1.807, 2.05) is 69.3 Å². The maximum Gasteiger partial charge on any atom is 0.273 e. The number of carbonyl (C=O) groups excluding carboxylic acids is 3. The van der Waals surface area contributed by atoms with Crippen LogP contribution in [0, 0.1) is 13.8 Å². The van der Waals surface area contributed by atoms with E-state index in [-0.39, 0.29) is 29.7 Å². The Morgan fingerprint density at radius 2 is 1.72 bits per heavy atom. The topological polar surface area (TPSA) is 96.3 Å². The molecule has 1 atom stereocenters. The smallest absolute Gasteiger partial charge is 0.273 e. The molecule has 0 unspecified atom stereocenters. The van der Waals surface area contributed by atoms with Crippen LogP contribution in [0.3, 0.4) is 0 Å². The van der Waals surface area contributed by atoms with Gasteiger partial charge in [0.1, 0.15) is 11.2 Å². The third-order valence-electron chi connectivity index (χ3n) is 6.62. The fourth-order valence-corrected chi connectivity index (χ4v) is 4.59. The average molecular weight is 488 g/mol. The summed E-state index contributed by atoms with van der Waals surface area (Å²) in [6.45, 7) is 9.04. The normalized spacial score (nSPS) is 17.0. The molecule has 3 aromatic rings. The third-order valence-corrected chi connectivity index (χ3v) is 6.62. The van der Waals surface area contributed by atoms with Crippen molar-refractivity contribution in [3.63, 3.8) is 0 Å². The van der Waals surface area contributed by atoms with Crippen molar-refractivity contribution in [3.8, 4) is 0 Å². The number of nitrogens with one attached hydrogen (secondary N) is 2. The molecule has 188 valence electrons. The van der Waals surface area contributed by atoms with Crippen LogP contribution in [0.4, 0.5) is 0 Å². The lowest BCUT2D eigenvalue weighted by molar-refractivity contribution is -0.133. The predicted octanol–water partition coefficient (Wildman–Crippen LogP) is 3.37. The Kier molecular flexibility index (Phi) is 7.24. The second-order valence-electron chi connectivity index (χ2n) is 9.64. The van der Waals surface area contributed by atoms with Crippen LogP contribution in [0.15, 0.2) is 54.9 Å². The Morgan fingerprint density at radius 1 is 1.00 bits per heavy atom. The summed E-state index contributed by atoms with van der Waals surface area (Å²) in [6, 6.07) is 15.8. The zero-order valence-corrected chi connectivity index (χ0v) is 21.3. The van der Waals surface area contributed by atoms with Gasteiger partial charge in [0.2, 0.25) is 5.91 Å². The maximum absolute atomic E-state index is 13.6. The highest BCUT2D eigenvalue weighted by molar-refractivity contribution is 6.07. The van der Waals surface area contributed by atoms with Gasteiger partial charge < -0.3 is 20.1 Å². The van der Waals surface area contributed by atoms with E-state index in [1.165, 1.54) is 6.33 Å². The number of rotatable bonds is 8. The Bertz CT molecular complexity index is 1280. The summed E-state index contributed by atoms with van der Waals surface area (Å²) in [5.41, 5.74) is 3.39. The lowest BCUT2D eigenvalue weighted by atomic mass is 9.93. The molecule has 1 aliphatic rings. The number of nitrogens with zero attached hydrogens (tertiary/aromatic N) is 3. The summed E-state index contributed by atoms with van der Waals surface area (Å²) in [5, 5.41) is 5.86. The lowest BCUT2D eigenvalue weighted by Crippen LogP contribution is -2.64. The van der Waals surface area contributed by atoms with Crippen LogP contribution in [-0.4, -0.2) is 44.3 Å². The van der Waals surface area contributed by atoms with Crippen molar-refractivity contribution in [3.05, 3.63) is 88.5 Å². The van der Waals surface area contributed by atoms with Crippen LogP contribution in [0.2, 0.25) is 0 Å². The number of hydrogen-bond donors (Lipinski definition) is 2. The number of benzene rings is 2. The molecular formula is C28H33N5O3. The first kappa shape index (κ1) is 25.2. The summed E-state index contributed by atoms with van der Waals surface area (Å²) in [7, 11) is 0. The zero-order chi connectivity index (χ0) is 25.9. The first-order valence-corrected chi connectivity index (χ1v) is 12.3. The van der Waals surface area contributed by atoms with E-state index in [9.17, 15) is 14.4 Å². The second-order valence-corrected chi connectivity index (χ2v) is 9.64. The van der Waals surface area contributed by atoms with Crippen molar-refractivity contribution in [2.24, 2.45) is 0 Å². The van der Waals surface area contributed by atoms with Crippen molar-refractivity contribution in [2.75, 3.05) is 6.54 Å². The quantitative estimate of drug-likeness (QED) is 0.509. The molecule has 0 aliphatic carbocycles. The van der Waals surface area contributed by atoms with Gasteiger partial charge in [-0.2, -0.15) is 0 Å². The number of amides is 3. The van der Waals surface area contributed by atoms with Gasteiger partial charge in [0.25, 0.3) is 11.8 Å². The van der Waals surface area contributed by atoms with Crippen LogP contribution in [0.1, 0.15) is 63.5 Å². The summed E-state index contributed by atoms with van der Waals surface area (Å²) in [4.78, 5) is 45.9. The predicted molar refractivity (Wildman–Crippen MR) is 137 cm³/mol. The molecule has 36 heavy (non-hydrogen) atoms. The van der Waals surface area contributed by atoms with Gasteiger partial charge in [0, 0.05) is 19.6 Å². The van der Waals surface area contributed by atoms with E-state index < -0.39 is 11.4 Å². The van der Waals surface area contributed by atoms with Crippen molar-refractivity contribution in [1.29, 1.82) is 0 Å². The Hall–Kier alpha value is -3.94. The van der Waals surface area contributed by atoms with E-state index in [2.05, 4.69) is 15.6 Å². The highest BCUT2D eigenvalue weighted by atomic mass is 16.2.